The van der Waals surface area contributed by atoms with E-state index in [1.807, 2.05) is 19.9 Å². The molecular formula is C13H16N4O2. The standard InChI is InChI=1S/C13H16N4O2/c1-9(2)16-13(18)17-7-11(8-17)19-12-5-10(6-14)3-4-15-12/h3-5,9,11H,7-8H2,1-2H3,(H,16,18). The molecule has 1 aliphatic heterocycles. The normalized spacial score (nSPS) is 14.7. The highest BCUT2D eigenvalue weighted by Crippen LogP contribution is 2.16. The first kappa shape index (κ1) is 13.1. The fraction of sp³-hybridized carbons (Fsp3) is 0.462. The molecule has 0 unspecified atom stereocenters. The van der Waals surface area contributed by atoms with Crippen molar-refractivity contribution in [3.63, 3.8) is 0 Å². The second-order valence-corrected chi connectivity index (χ2v) is 4.74. The highest BCUT2D eigenvalue weighted by molar-refractivity contribution is 5.75. The number of ether oxygens (including phenoxy) is 1. The summed E-state index contributed by atoms with van der Waals surface area (Å²) in [5.41, 5.74) is 0.513. The summed E-state index contributed by atoms with van der Waals surface area (Å²) in [6, 6.07) is 5.30. The van der Waals surface area contributed by atoms with E-state index in [1.54, 1.807) is 17.0 Å². The zero-order chi connectivity index (χ0) is 13.8. The molecule has 0 aliphatic carbocycles. The van der Waals surface area contributed by atoms with Crippen LogP contribution in [0.2, 0.25) is 0 Å². The number of likely N-dealkylation sites (tertiary alicyclic amines) is 1. The number of amides is 2. The van der Waals surface area contributed by atoms with Crippen molar-refractivity contribution in [3.05, 3.63) is 23.9 Å². The molecule has 2 rings (SSSR count). The largest absolute Gasteiger partial charge is 0.471 e. The first-order valence-electron chi connectivity index (χ1n) is 6.16. The lowest BCUT2D eigenvalue weighted by atomic mass is 10.2. The molecule has 100 valence electrons. The van der Waals surface area contributed by atoms with Crippen LogP contribution in [0, 0.1) is 11.3 Å². The summed E-state index contributed by atoms with van der Waals surface area (Å²) in [6.07, 6.45) is 1.48. The van der Waals surface area contributed by atoms with E-state index >= 15 is 0 Å². The minimum absolute atomic E-state index is 0.0562. The average molecular weight is 260 g/mol. The van der Waals surface area contributed by atoms with Gasteiger partial charge in [0.15, 0.2) is 0 Å². The Hall–Kier alpha value is -2.29. The van der Waals surface area contributed by atoms with E-state index in [-0.39, 0.29) is 18.2 Å². The van der Waals surface area contributed by atoms with Crippen LogP contribution >= 0.6 is 0 Å². The first-order chi connectivity index (χ1) is 9.08. The fourth-order valence-corrected chi connectivity index (χ4v) is 1.73. The van der Waals surface area contributed by atoms with Crippen LogP contribution in [0.25, 0.3) is 0 Å². The summed E-state index contributed by atoms with van der Waals surface area (Å²) < 4.78 is 5.59. The van der Waals surface area contributed by atoms with Gasteiger partial charge < -0.3 is 15.0 Å². The predicted molar refractivity (Wildman–Crippen MR) is 68.6 cm³/mol. The van der Waals surface area contributed by atoms with E-state index in [9.17, 15) is 4.79 Å². The maximum Gasteiger partial charge on any atom is 0.317 e. The summed E-state index contributed by atoms with van der Waals surface area (Å²) in [6.45, 7) is 4.92. The molecule has 0 atom stereocenters. The van der Waals surface area contributed by atoms with Crippen molar-refractivity contribution in [2.75, 3.05) is 13.1 Å². The van der Waals surface area contributed by atoms with E-state index < -0.39 is 0 Å². The van der Waals surface area contributed by atoms with E-state index in [1.165, 1.54) is 6.20 Å². The monoisotopic (exact) mass is 260 g/mol. The van der Waals surface area contributed by atoms with E-state index in [0.717, 1.165) is 0 Å². The second-order valence-electron chi connectivity index (χ2n) is 4.74. The Morgan fingerprint density at radius 3 is 3.00 bits per heavy atom. The third-order valence-electron chi connectivity index (χ3n) is 2.70. The van der Waals surface area contributed by atoms with Gasteiger partial charge in [0.05, 0.1) is 24.7 Å². The molecule has 1 fully saturated rings. The van der Waals surface area contributed by atoms with Crippen LogP contribution in [0.3, 0.4) is 0 Å². The van der Waals surface area contributed by atoms with Gasteiger partial charge in [0.2, 0.25) is 5.88 Å². The lowest BCUT2D eigenvalue weighted by Crippen LogP contribution is -2.59. The van der Waals surface area contributed by atoms with Crippen LogP contribution in [0.15, 0.2) is 18.3 Å². The number of rotatable bonds is 3. The Balaban J connectivity index is 1.81. The zero-order valence-corrected chi connectivity index (χ0v) is 11.0. The number of hydrogen-bond acceptors (Lipinski definition) is 4. The van der Waals surface area contributed by atoms with Gasteiger partial charge in [-0.05, 0) is 19.9 Å². The smallest absolute Gasteiger partial charge is 0.317 e. The molecule has 6 heteroatoms. The van der Waals surface area contributed by atoms with Gasteiger partial charge in [-0.2, -0.15) is 5.26 Å². The van der Waals surface area contributed by atoms with E-state index in [4.69, 9.17) is 10.00 Å². The number of hydrogen-bond donors (Lipinski definition) is 1. The number of urea groups is 1. The zero-order valence-electron chi connectivity index (χ0n) is 11.0. The van der Waals surface area contributed by atoms with Gasteiger partial charge in [-0.15, -0.1) is 0 Å². The molecule has 1 N–H and O–H groups in total. The fourth-order valence-electron chi connectivity index (χ4n) is 1.73. The maximum absolute atomic E-state index is 11.6. The Bertz CT molecular complexity index is 504. The Labute approximate surface area is 112 Å². The van der Waals surface area contributed by atoms with Crippen molar-refractivity contribution in [3.8, 4) is 11.9 Å². The third kappa shape index (κ3) is 3.35. The highest BCUT2D eigenvalue weighted by atomic mass is 16.5. The van der Waals surface area contributed by atoms with E-state index in [0.29, 0.717) is 24.5 Å². The number of nitriles is 1. The van der Waals surface area contributed by atoms with Crippen molar-refractivity contribution in [1.82, 2.24) is 15.2 Å². The number of pyridine rings is 1. The van der Waals surface area contributed by atoms with Gasteiger partial charge in [0, 0.05) is 18.3 Å². The van der Waals surface area contributed by atoms with Gasteiger partial charge >= 0.3 is 6.03 Å². The molecule has 0 aromatic carbocycles. The molecule has 0 saturated carbocycles. The van der Waals surface area contributed by atoms with Gasteiger partial charge in [0.1, 0.15) is 6.10 Å². The SMILES string of the molecule is CC(C)NC(=O)N1CC(Oc2cc(C#N)ccn2)C1. The molecule has 0 bridgehead atoms. The lowest BCUT2D eigenvalue weighted by Gasteiger charge is -2.38. The van der Waals surface area contributed by atoms with Crippen molar-refractivity contribution >= 4 is 6.03 Å². The second kappa shape index (κ2) is 5.57. The molecule has 2 amide bonds. The number of nitrogens with zero attached hydrogens (tertiary/aromatic N) is 3. The average Bonchev–Trinajstić information content (AvgIpc) is 2.32. The van der Waals surface area contributed by atoms with Crippen LogP contribution in [-0.4, -0.2) is 41.2 Å². The number of carbonyl (C=O) groups is 1. The predicted octanol–water partition coefficient (Wildman–Crippen LogP) is 1.13. The Kier molecular flexibility index (Phi) is 3.85. The molecule has 1 saturated heterocycles. The van der Waals surface area contributed by atoms with Crippen LogP contribution in [-0.2, 0) is 0 Å². The Morgan fingerprint density at radius 1 is 1.63 bits per heavy atom. The molecule has 19 heavy (non-hydrogen) atoms. The number of aromatic nitrogens is 1. The molecule has 0 spiro atoms. The quantitative estimate of drug-likeness (QED) is 0.883. The third-order valence-corrected chi connectivity index (χ3v) is 2.70. The lowest BCUT2D eigenvalue weighted by molar-refractivity contribution is 0.0408. The van der Waals surface area contributed by atoms with E-state index in [2.05, 4.69) is 10.3 Å². The molecule has 1 aromatic heterocycles. The van der Waals surface area contributed by atoms with Crippen molar-refractivity contribution < 1.29 is 9.53 Å². The maximum atomic E-state index is 11.6. The minimum Gasteiger partial charge on any atom is -0.471 e. The van der Waals surface area contributed by atoms with Gasteiger partial charge in [-0.25, -0.2) is 9.78 Å². The van der Waals surface area contributed by atoms with Crippen LogP contribution in [0.5, 0.6) is 5.88 Å². The summed E-state index contributed by atoms with van der Waals surface area (Å²) in [5.74, 6) is 0.424. The van der Waals surface area contributed by atoms with Crippen LogP contribution in [0.4, 0.5) is 4.79 Å². The number of carbonyl (C=O) groups excluding carboxylic acids is 1. The molecule has 0 radical (unpaired) electrons. The summed E-state index contributed by atoms with van der Waals surface area (Å²) in [4.78, 5) is 17.3. The summed E-state index contributed by atoms with van der Waals surface area (Å²) >= 11 is 0. The van der Waals surface area contributed by atoms with Crippen molar-refractivity contribution in [1.29, 1.82) is 5.26 Å². The Morgan fingerprint density at radius 2 is 2.37 bits per heavy atom. The molecular weight excluding hydrogens is 244 g/mol. The van der Waals surface area contributed by atoms with Gasteiger partial charge in [-0.3, -0.25) is 0 Å². The minimum atomic E-state index is -0.0754. The topological polar surface area (TPSA) is 78.3 Å². The van der Waals surface area contributed by atoms with Gasteiger partial charge in [0.25, 0.3) is 0 Å². The van der Waals surface area contributed by atoms with Crippen molar-refractivity contribution in [2.24, 2.45) is 0 Å². The first-order valence-corrected chi connectivity index (χ1v) is 6.16. The molecule has 6 nitrogen and oxygen atoms in total. The molecule has 1 aliphatic rings. The molecule has 2 heterocycles. The van der Waals surface area contributed by atoms with Crippen molar-refractivity contribution in [2.45, 2.75) is 26.0 Å². The van der Waals surface area contributed by atoms with Crippen LogP contribution in [0.1, 0.15) is 19.4 Å². The van der Waals surface area contributed by atoms with Gasteiger partial charge in [-0.1, -0.05) is 0 Å². The highest BCUT2D eigenvalue weighted by Gasteiger charge is 2.32. The summed E-state index contributed by atoms with van der Waals surface area (Å²) in [5, 5.41) is 11.6. The summed E-state index contributed by atoms with van der Waals surface area (Å²) in [7, 11) is 0. The molecule has 1 aromatic rings. The number of nitrogens with one attached hydrogen (secondary N) is 1. The van der Waals surface area contributed by atoms with Crippen LogP contribution < -0.4 is 10.1 Å².